The van der Waals surface area contributed by atoms with Crippen LogP contribution in [0.4, 0.5) is 10.1 Å². The summed E-state index contributed by atoms with van der Waals surface area (Å²) in [5.74, 6) is -0.246. The number of benzene rings is 2. The third kappa shape index (κ3) is 3.03. The molecule has 0 atom stereocenters. The highest BCUT2D eigenvalue weighted by molar-refractivity contribution is 6.33. The van der Waals surface area contributed by atoms with Crippen molar-refractivity contribution in [2.24, 2.45) is 0 Å². The highest BCUT2D eigenvalue weighted by Crippen LogP contribution is 2.28. The third-order valence-electron chi connectivity index (χ3n) is 3.03. The number of para-hydroxylation sites is 1. The summed E-state index contributed by atoms with van der Waals surface area (Å²) in [6.45, 7) is 0.558. The first-order valence-electron chi connectivity index (χ1n) is 6.36. The van der Waals surface area contributed by atoms with Gasteiger partial charge in [-0.2, -0.15) is 5.10 Å². The van der Waals surface area contributed by atoms with Gasteiger partial charge in [-0.15, -0.1) is 0 Å². The fourth-order valence-electron chi connectivity index (χ4n) is 2.01. The second kappa shape index (κ2) is 5.93. The molecule has 1 aromatic heterocycles. The van der Waals surface area contributed by atoms with E-state index in [9.17, 15) is 4.39 Å². The summed E-state index contributed by atoms with van der Waals surface area (Å²) in [4.78, 5) is 3.93. The zero-order valence-electron chi connectivity index (χ0n) is 11.0. The van der Waals surface area contributed by atoms with E-state index in [0.29, 0.717) is 11.6 Å². The van der Waals surface area contributed by atoms with Crippen LogP contribution in [0.15, 0.2) is 55.1 Å². The smallest absolute Gasteiger partial charge is 0.138 e. The lowest BCUT2D eigenvalue weighted by atomic mass is 10.2. The first-order valence-corrected chi connectivity index (χ1v) is 6.73. The molecule has 0 saturated heterocycles. The van der Waals surface area contributed by atoms with Crippen molar-refractivity contribution < 1.29 is 4.39 Å². The molecule has 21 heavy (non-hydrogen) atoms. The van der Waals surface area contributed by atoms with Crippen LogP contribution < -0.4 is 5.32 Å². The summed E-state index contributed by atoms with van der Waals surface area (Å²) < 4.78 is 14.5. The summed E-state index contributed by atoms with van der Waals surface area (Å²) in [6.07, 6.45) is 3.04. The first kappa shape index (κ1) is 13.6. The van der Waals surface area contributed by atoms with Crippen LogP contribution in [0.3, 0.4) is 0 Å². The van der Waals surface area contributed by atoms with Gasteiger partial charge in [0.2, 0.25) is 0 Å². The fourth-order valence-corrected chi connectivity index (χ4v) is 2.28. The molecule has 0 bridgehead atoms. The van der Waals surface area contributed by atoms with Gasteiger partial charge in [0.25, 0.3) is 0 Å². The van der Waals surface area contributed by atoms with Crippen molar-refractivity contribution in [3.05, 3.63) is 71.5 Å². The van der Waals surface area contributed by atoms with Crippen LogP contribution in [0.25, 0.3) is 5.69 Å². The van der Waals surface area contributed by atoms with Crippen molar-refractivity contribution >= 4 is 17.3 Å². The molecule has 6 heteroatoms. The maximum atomic E-state index is 12.9. The predicted octanol–water partition coefficient (Wildman–Crippen LogP) is 3.67. The molecule has 3 rings (SSSR count). The van der Waals surface area contributed by atoms with Crippen LogP contribution in [0.1, 0.15) is 5.56 Å². The molecular weight excluding hydrogens is 291 g/mol. The standard InChI is InChI=1S/C15H12ClFN4/c16-13-2-1-3-14(15(13)21-10-18-9-20-21)19-8-11-4-6-12(17)7-5-11/h1-7,9-10,19H,8H2. The number of hydrogen-bond acceptors (Lipinski definition) is 3. The van der Waals surface area contributed by atoms with Gasteiger partial charge in [0.05, 0.1) is 10.7 Å². The molecule has 0 aliphatic heterocycles. The Morgan fingerprint density at radius 3 is 2.67 bits per heavy atom. The number of halogens is 2. The van der Waals surface area contributed by atoms with E-state index < -0.39 is 0 Å². The second-order valence-corrected chi connectivity index (χ2v) is 4.86. The number of anilines is 1. The number of hydrogen-bond donors (Lipinski definition) is 1. The molecule has 0 aliphatic carbocycles. The summed E-state index contributed by atoms with van der Waals surface area (Å²) in [7, 11) is 0. The largest absolute Gasteiger partial charge is 0.379 e. The molecule has 0 aliphatic rings. The Balaban J connectivity index is 1.86. The van der Waals surface area contributed by atoms with E-state index >= 15 is 0 Å². The Kier molecular flexibility index (Phi) is 3.83. The summed E-state index contributed by atoms with van der Waals surface area (Å²) in [5.41, 5.74) is 2.54. The zero-order valence-corrected chi connectivity index (χ0v) is 11.8. The van der Waals surface area contributed by atoms with Crippen LogP contribution >= 0.6 is 11.6 Å². The quantitative estimate of drug-likeness (QED) is 0.799. The number of nitrogens with one attached hydrogen (secondary N) is 1. The maximum Gasteiger partial charge on any atom is 0.138 e. The van der Waals surface area contributed by atoms with Gasteiger partial charge < -0.3 is 5.32 Å². The number of nitrogens with zero attached hydrogens (tertiary/aromatic N) is 3. The van der Waals surface area contributed by atoms with E-state index in [1.54, 1.807) is 29.2 Å². The molecule has 0 fully saturated rings. The minimum atomic E-state index is -0.246. The van der Waals surface area contributed by atoms with Crippen molar-refractivity contribution in [1.29, 1.82) is 0 Å². The van der Waals surface area contributed by atoms with Gasteiger partial charge in [-0.05, 0) is 29.8 Å². The topological polar surface area (TPSA) is 42.7 Å². The number of aromatic nitrogens is 3. The molecular formula is C15H12ClFN4. The first-order chi connectivity index (χ1) is 10.2. The molecule has 4 nitrogen and oxygen atoms in total. The van der Waals surface area contributed by atoms with E-state index in [2.05, 4.69) is 15.4 Å². The lowest BCUT2D eigenvalue weighted by Crippen LogP contribution is -2.05. The van der Waals surface area contributed by atoms with Crippen molar-refractivity contribution in [3.63, 3.8) is 0 Å². The van der Waals surface area contributed by atoms with Crippen molar-refractivity contribution in [3.8, 4) is 5.69 Å². The average Bonchev–Trinajstić information content (AvgIpc) is 3.00. The maximum absolute atomic E-state index is 12.9. The molecule has 2 aromatic carbocycles. The van der Waals surface area contributed by atoms with Crippen molar-refractivity contribution in [1.82, 2.24) is 14.8 Å². The molecule has 3 aromatic rings. The Labute approximate surface area is 126 Å². The highest BCUT2D eigenvalue weighted by atomic mass is 35.5. The summed E-state index contributed by atoms with van der Waals surface area (Å²) in [5, 5.41) is 7.96. The van der Waals surface area contributed by atoms with Gasteiger partial charge in [0, 0.05) is 6.54 Å². The van der Waals surface area contributed by atoms with Gasteiger partial charge in [-0.25, -0.2) is 14.1 Å². The molecule has 0 unspecified atom stereocenters. The molecule has 0 radical (unpaired) electrons. The normalized spacial score (nSPS) is 10.6. The second-order valence-electron chi connectivity index (χ2n) is 4.46. The fraction of sp³-hybridized carbons (Fsp3) is 0.0667. The van der Waals surface area contributed by atoms with Gasteiger partial charge in [0.15, 0.2) is 0 Å². The monoisotopic (exact) mass is 302 g/mol. The van der Waals surface area contributed by atoms with Crippen LogP contribution in [0.2, 0.25) is 5.02 Å². The van der Waals surface area contributed by atoms with Crippen molar-refractivity contribution in [2.45, 2.75) is 6.54 Å². The zero-order chi connectivity index (χ0) is 14.7. The Bertz CT molecular complexity index is 726. The Morgan fingerprint density at radius 2 is 1.95 bits per heavy atom. The lowest BCUT2D eigenvalue weighted by Gasteiger charge is -2.13. The predicted molar refractivity (Wildman–Crippen MR) is 80.1 cm³/mol. The van der Waals surface area contributed by atoms with Gasteiger partial charge in [-0.3, -0.25) is 0 Å². The molecule has 1 N–H and O–H groups in total. The molecule has 1 heterocycles. The van der Waals surface area contributed by atoms with E-state index in [4.69, 9.17) is 11.6 Å². The van der Waals surface area contributed by atoms with Crippen LogP contribution in [-0.2, 0) is 6.54 Å². The van der Waals surface area contributed by atoms with Crippen LogP contribution in [0.5, 0.6) is 0 Å². The summed E-state index contributed by atoms with van der Waals surface area (Å²) >= 11 is 6.25. The van der Waals surface area contributed by atoms with Crippen molar-refractivity contribution in [2.75, 3.05) is 5.32 Å². The minimum absolute atomic E-state index is 0.246. The minimum Gasteiger partial charge on any atom is -0.379 e. The molecule has 0 saturated carbocycles. The summed E-state index contributed by atoms with van der Waals surface area (Å²) in [6, 6.07) is 11.9. The van der Waals surface area contributed by atoms with E-state index in [1.807, 2.05) is 12.1 Å². The highest BCUT2D eigenvalue weighted by Gasteiger charge is 2.09. The molecule has 0 amide bonds. The average molecular weight is 303 g/mol. The number of rotatable bonds is 4. The Hall–Kier alpha value is -2.40. The van der Waals surface area contributed by atoms with Gasteiger partial charge in [0.1, 0.15) is 24.2 Å². The molecule has 0 spiro atoms. The van der Waals surface area contributed by atoms with E-state index in [0.717, 1.165) is 16.9 Å². The van der Waals surface area contributed by atoms with Crippen LogP contribution in [0, 0.1) is 5.82 Å². The van der Waals surface area contributed by atoms with Gasteiger partial charge in [-0.1, -0.05) is 29.8 Å². The molecule has 106 valence electrons. The third-order valence-corrected chi connectivity index (χ3v) is 3.34. The Morgan fingerprint density at radius 1 is 1.14 bits per heavy atom. The van der Waals surface area contributed by atoms with E-state index in [1.165, 1.54) is 18.5 Å². The SMILES string of the molecule is Fc1ccc(CNc2cccc(Cl)c2-n2cncn2)cc1. The van der Waals surface area contributed by atoms with E-state index in [-0.39, 0.29) is 5.82 Å². The van der Waals surface area contributed by atoms with Crippen LogP contribution in [-0.4, -0.2) is 14.8 Å². The van der Waals surface area contributed by atoms with Gasteiger partial charge >= 0.3 is 0 Å². The lowest BCUT2D eigenvalue weighted by molar-refractivity contribution is 0.627.